The minimum absolute atomic E-state index is 0.101. The van der Waals surface area contributed by atoms with Gasteiger partial charge in [0.1, 0.15) is 23.9 Å². The summed E-state index contributed by atoms with van der Waals surface area (Å²) >= 11 is 0. The fourth-order valence-electron chi connectivity index (χ4n) is 3.19. The Balaban J connectivity index is 1.55. The zero-order valence-electron chi connectivity index (χ0n) is 15.8. The molecule has 0 atom stereocenters. The molecule has 0 radical (unpaired) electrons. The van der Waals surface area contributed by atoms with Crippen molar-refractivity contribution >= 4 is 11.9 Å². The summed E-state index contributed by atoms with van der Waals surface area (Å²) in [6.07, 6.45) is 1.76. The summed E-state index contributed by atoms with van der Waals surface area (Å²) in [7, 11) is 1.64. The van der Waals surface area contributed by atoms with Crippen molar-refractivity contribution in [3.63, 3.8) is 0 Å². The van der Waals surface area contributed by atoms with Crippen molar-refractivity contribution in [3.05, 3.63) is 94.7 Å². The summed E-state index contributed by atoms with van der Waals surface area (Å²) in [4.78, 5) is 12.7. The first kappa shape index (κ1) is 17.9. The van der Waals surface area contributed by atoms with Crippen molar-refractivity contribution in [2.75, 3.05) is 7.11 Å². The van der Waals surface area contributed by atoms with Crippen molar-refractivity contribution in [1.82, 2.24) is 0 Å². The Labute approximate surface area is 164 Å². The molecular formula is C24H20O4. The molecule has 1 aliphatic rings. The summed E-state index contributed by atoms with van der Waals surface area (Å²) in [6, 6.07) is 21.0. The lowest BCUT2D eigenvalue weighted by Crippen LogP contribution is -2.00. The van der Waals surface area contributed by atoms with Gasteiger partial charge in [-0.1, -0.05) is 42.5 Å². The van der Waals surface area contributed by atoms with E-state index in [1.807, 2.05) is 67.6 Å². The van der Waals surface area contributed by atoms with E-state index in [9.17, 15) is 4.79 Å². The van der Waals surface area contributed by atoms with Crippen LogP contribution in [0.25, 0.3) is 6.08 Å². The third-order valence-corrected chi connectivity index (χ3v) is 4.58. The van der Waals surface area contributed by atoms with E-state index < -0.39 is 0 Å². The zero-order chi connectivity index (χ0) is 19.5. The van der Waals surface area contributed by atoms with Crippen molar-refractivity contribution in [2.45, 2.75) is 13.5 Å². The number of ketones is 1. The first-order valence-corrected chi connectivity index (χ1v) is 9.04. The number of hydrogen-bond acceptors (Lipinski definition) is 4. The summed E-state index contributed by atoms with van der Waals surface area (Å²) < 4.78 is 17.0. The highest BCUT2D eigenvalue weighted by Gasteiger charge is 2.30. The molecule has 0 aliphatic carbocycles. The van der Waals surface area contributed by atoms with Gasteiger partial charge in [0.2, 0.25) is 5.78 Å². The number of benzene rings is 3. The maximum atomic E-state index is 12.7. The molecule has 4 heteroatoms. The van der Waals surface area contributed by atoms with Crippen molar-refractivity contribution < 1.29 is 19.0 Å². The maximum Gasteiger partial charge on any atom is 0.232 e. The predicted molar refractivity (Wildman–Crippen MR) is 108 cm³/mol. The first-order chi connectivity index (χ1) is 13.6. The van der Waals surface area contributed by atoms with Crippen LogP contribution in [0, 0.1) is 6.92 Å². The molecule has 0 spiro atoms. The van der Waals surface area contributed by atoms with Gasteiger partial charge in [-0.3, -0.25) is 4.79 Å². The van der Waals surface area contributed by atoms with Crippen LogP contribution >= 0.6 is 0 Å². The molecule has 1 aliphatic heterocycles. The standard InChI is InChI=1S/C24H20O4/c1-16-11-20(27-15-18-9-6-10-19(12-18)26-2)14-21-23(16)24(25)22(28-21)13-17-7-4-3-5-8-17/h3-14H,15H2,1-2H3/b22-13-. The Morgan fingerprint density at radius 1 is 0.964 bits per heavy atom. The number of carbonyl (C=O) groups excluding carboxylic acids is 1. The molecule has 3 aromatic carbocycles. The van der Waals surface area contributed by atoms with Gasteiger partial charge in [0.25, 0.3) is 0 Å². The highest BCUT2D eigenvalue weighted by Crippen LogP contribution is 2.37. The molecule has 0 unspecified atom stereocenters. The number of Topliss-reactive ketones (excluding diaryl/α,β-unsaturated/α-hetero) is 1. The van der Waals surface area contributed by atoms with Gasteiger partial charge in [0.15, 0.2) is 5.76 Å². The van der Waals surface area contributed by atoms with E-state index in [-0.39, 0.29) is 5.78 Å². The van der Waals surface area contributed by atoms with Crippen LogP contribution in [-0.2, 0) is 6.61 Å². The van der Waals surface area contributed by atoms with Gasteiger partial charge in [-0.15, -0.1) is 0 Å². The number of fused-ring (bicyclic) bond motifs is 1. The first-order valence-electron chi connectivity index (χ1n) is 9.04. The van der Waals surface area contributed by atoms with E-state index in [1.165, 1.54) is 0 Å². The quantitative estimate of drug-likeness (QED) is 0.578. The largest absolute Gasteiger partial charge is 0.497 e. The van der Waals surface area contributed by atoms with E-state index in [1.54, 1.807) is 19.3 Å². The van der Waals surface area contributed by atoms with E-state index >= 15 is 0 Å². The third kappa shape index (κ3) is 3.62. The number of allylic oxidation sites excluding steroid dienone is 1. The Bertz CT molecular complexity index is 1050. The number of ether oxygens (including phenoxy) is 3. The van der Waals surface area contributed by atoms with Crippen LogP contribution in [0.3, 0.4) is 0 Å². The molecule has 0 bridgehead atoms. The van der Waals surface area contributed by atoms with Crippen molar-refractivity contribution in [2.24, 2.45) is 0 Å². The second-order valence-electron chi connectivity index (χ2n) is 6.60. The van der Waals surface area contributed by atoms with Gasteiger partial charge in [-0.05, 0) is 47.9 Å². The lowest BCUT2D eigenvalue weighted by Gasteiger charge is -2.10. The van der Waals surface area contributed by atoms with Gasteiger partial charge >= 0.3 is 0 Å². The number of carbonyl (C=O) groups is 1. The molecule has 4 nitrogen and oxygen atoms in total. The minimum Gasteiger partial charge on any atom is -0.497 e. The fraction of sp³-hybridized carbons (Fsp3) is 0.125. The third-order valence-electron chi connectivity index (χ3n) is 4.58. The minimum atomic E-state index is -0.101. The van der Waals surface area contributed by atoms with Crippen LogP contribution in [0.5, 0.6) is 17.2 Å². The molecule has 28 heavy (non-hydrogen) atoms. The summed E-state index contributed by atoms with van der Waals surface area (Å²) in [6.45, 7) is 2.29. The van der Waals surface area contributed by atoms with Gasteiger partial charge < -0.3 is 14.2 Å². The molecule has 1 heterocycles. The number of methoxy groups -OCH3 is 1. The van der Waals surface area contributed by atoms with Crippen LogP contribution in [-0.4, -0.2) is 12.9 Å². The maximum absolute atomic E-state index is 12.7. The Morgan fingerprint density at radius 2 is 1.79 bits per heavy atom. The normalized spacial score (nSPS) is 13.9. The smallest absolute Gasteiger partial charge is 0.232 e. The molecule has 0 amide bonds. The van der Waals surface area contributed by atoms with Gasteiger partial charge in [0, 0.05) is 6.07 Å². The van der Waals surface area contributed by atoms with Crippen LogP contribution < -0.4 is 14.2 Å². The lowest BCUT2D eigenvalue weighted by molar-refractivity contribution is 0.101. The molecule has 0 aromatic heterocycles. The number of aryl methyl sites for hydroxylation is 1. The number of hydrogen-bond donors (Lipinski definition) is 0. The average molecular weight is 372 g/mol. The molecule has 0 saturated heterocycles. The Morgan fingerprint density at radius 3 is 2.57 bits per heavy atom. The molecule has 0 saturated carbocycles. The van der Waals surface area contributed by atoms with Crippen molar-refractivity contribution in [1.29, 1.82) is 0 Å². The zero-order valence-corrected chi connectivity index (χ0v) is 15.8. The van der Waals surface area contributed by atoms with E-state index in [0.717, 1.165) is 22.4 Å². The number of rotatable bonds is 5. The second kappa shape index (κ2) is 7.61. The summed E-state index contributed by atoms with van der Waals surface area (Å²) in [5.41, 5.74) is 3.35. The van der Waals surface area contributed by atoms with Gasteiger partial charge in [-0.2, -0.15) is 0 Å². The van der Waals surface area contributed by atoms with Gasteiger partial charge in [0.05, 0.1) is 12.7 Å². The van der Waals surface area contributed by atoms with E-state index in [0.29, 0.717) is 29.4 Å². The highest BCUT2D eigenvalue weighted by atomic mass is 16.5. The SMILES string of the molecule is COc1cccc(COc2cc(C)c3c(c2)O/C(=C\c2ccccc2)C3=O)c1. The Hall–Kier alpha value is -3.53. The van der Waals surface area contributed by atoms with Crippen LogP contribution in [0.15, 0.2) is 72.5 Å². The lowest BCUT2D eigenvalue weighted by atomic mass is 10.0. The Kier molecular flexibility index (Phi) is 4.85. The van der Waals surface area contributed by atoms with Crippen LogP contribution in [0.2, 0.25) is 0 Å². The molecule has 0 fully saturated rings. The average Bonchev–Trinajstić information content (AvgIpc) is 3.03. The summed E-state index contributed by atoms with van der Waals surface area (Å²) in [5, 5.41) is 0. The predicted octanol–water partition coefficient (Wildman–Crippen LogP) is 5.20. The summed E-state index contributed by atoms with van der Waals surface area (Å²) in [5.74, 6) is 2.21. The molecule has 4 rings (SSSR count). The van der Waals surface area contributed by atoms with E-state index in [4.69, 9.17) is 14.2 Å². The molecule has 0 N–H and O–H groups in total. The van der Waals surface area contributed by atoms with Crippen LogP contribution in [0.4, 0.5) is 0 Å². The van der Waals surface area contributed by atoms with E-state index in [2.05, 4.69) is 0 Å². The second-order valence-corrected chi connectivity index (χ2v) is 6.60. The van der Waals surface area contributed by atoms with Gasteiger partial charge in [-0.25, -0.2) is 0 Å². The van der Waals surface area contributed by atoms with Crippen LogP contribution in [0.1, 0.15) is 27.0 Å². The van der Waals surface area contributed by atoms with Crippen molar-refractivity contribution in [3.8, 4) is 17.2 Å². The molecular weight excluding hydrogens is 352 g/mol. The molecule has 3 aromatic rings. The highest BCUT2D eigenvalue weighted by molar-refractivity contribution is 6.15. The fourth-order valence-corrected chi connectivity index (χ4v) is 3.19. The monoisotopic (exact) mass is 372 g/mol. The molecule has 140 valence electrons. The topological polar surface area (TPSA) is 44.8 Å².